The van der Waals surface area contributed by atoms with Gasteiger partial charge in [0.05, 0.1) is 5.54 Å². The van der Waals surface area contributed by atoms with E-state index in [2.05, 4.69) is 45.3 Å². The molecule has 0 spiro atoms. The van der Waals surface area contributed by atoms with E-state index in [0.29, 0.717) is 6.04 Å². The van der Waals surface area contributed by atoms with Crippen molar-refractivity contribution in [3.63, 3.8) is 0 Å². The van der Waals surface area contributed by atoms with Crippen molar-refractivity contribution < 1.29 is 9.53 Å². The first kappa shape index (κ1) is 21.2. The zero-order valence-corrected chi connectivity index (χ0v) is 16.0. The molecule has 0 aliphatic carbocycles. The summed E-state index contributed by atoms with van der Waals surface area (Å²) in [7, 11) is 0. The Labute approximate surface area is 137 Å². The van der Waals surface area contributed by atoms with Gasteiger partial charge in [-0.25, -0.2) is 4.79 Å². The van der Waals surface area contributed by atoms with Gasteiger partial charge in [-0.15, -0.1) is 0 Å². The van der Waals surface area contributed by atoms with Crippen LogP contribution in [0.4, 0.5) is 4.79 Å². The molecule has 0 aromatic heterocycles. The van der Waals surface area contributed by atoms with Crippen molar-refractivity contribution in [2.75, 3.05) is 6.54 Å². The van der Waals surface area contributed by atoms with Gasteiger partial charge in [-0.1, -0.05) is 27.7 Å². The molecule has 0 aliphatic rings. The van der Waals surface area contributed by atoms with Crippen molar-refractivity contribution in [3.8, 4) is 0 Å². The Hall–Kier alpha value is -0.770. The topological polar surface area (TPSA) is 50.4 Å². The fraction of sp³-hybridized carbons (Fsp3) is 0.944. The van der Waals surface area contributed by atoms with Gasteiger partial charge in [0.25, 0.3) is 0 Å². The molecule has 1 amide bonds. The number of nitrogens with one attached hydrogen (secondary N) is 2. The molecule has 4 nitrogen and oxygen atoms in total. The predicted molar refractivity (Wildman–Crippen MR) is 94.2 cm³/mol. The quantitative estimate of drug-likeness (QED) is 0.659. The first-order valence-corrected chi connectivity index (χ1v) is 8.78. The SMILES string of the molecule is CCC(CC)(CNC(C)CCC(C)C)NC(=O)OC(C)(C)C. The Bertz CT molecular complexity index is 318. The molecule has 0 heterocycles. The van der Waals surface area contributed by atoms with Gasteiger partial charge in [0.2, 0.25) is 0 Å². The third-order valence-corrected chi connectivity index (χ3v) is 4.09. The lowest BCUT2D eigenvalue weighted by molar-refractivity contribution is 0.0444. The molecule has 0 rings (SSSR count). The van der Waals surface area contributed by atoms with Crippen LogP contribution in [0.15, 0.2) is 0 Å². The molecule has 0 saturated heterocycles. The van der Waals surface area contributed by atoms with E-state index < -0.39 is 5.60 Å². The van der Waals surface area contributed by atoms with Crippen molar-refractivity contribution >= 4 is 6.09 Å². The normalized spacial score (nSPS) is 14.0. The average molecular weight is 315 g/mol. The molecule has 132 valence electrons. The lowest BCUT2D eigenvalue weighted by Crippen LogP contribution is -2.56. The van der Waals surface area contributed by atoms with Crippen LogP contribution in [0.2, 0.25) is 0 Å². The Kier molecular flexibility index (Phi) is 9.06. The van der Waals surface area contributed by atoms with Crippen LogP contribution in [0, 0.1) is 5.92 Å². The van der Waals surface area contributed by atoms with E-state index in [1.165, 1.54) is 6.42 Å². The maximum atomic E-state index is 12.1. The maximum Gasteiger partial charge on any atom is 0.408 e. The monoisotopic (exact) mass is 314 g/mol. The zero-order valence-electron chi connectivity index (χ0n) is 16.0. The smallest absolute Gasteiger partial charge is 0.408 e. The summed E-state index contributed by atoms with van der Waals surface area (Å²) < 4.78 is 5.40. The van der Waals surface area contributed by atoms with Gasteiger partial charge in [-0.3, -0.25) is 0 Å². The Balaban J connectivity index is 4.52. The molecule has 0 saturated carbocycles. The van der Waals surface area contributed by atoms with E-state index in [9.17, 15) is 4.79 Å². The van der Waals surface area contributed by atoms with Crippen molar-refractivity contribution in [2.45, 2.75) is 98.3 Å². The van der Waals surface area contributed by atoms with Gasteiger partial charge in [-0.05, 0) is 59.3 Å². The van der Waals surface area contributed by atoms with E-state index in [-0.39, 0.29) is 11.6 Å². The van der Waals surface area contributed by atoms with E-state index in [0.717, 1.165) is 31.7 Å². The third-order valence-electron chi connectivity index (χ3n) is 4.09. The summed E-state index contributed by atoms with van der Waals surface area (Å²) in [4.78, 5) is 12.1. The number of carbonyl (C=O) groups is 1. The molecule has 0 aliphatic heterocycles. The van der Waals surface area contributed by atoms with Crippen molar-refractivity contribution in [1.29, 1.82) is 0 Å². The van der Waals surface area contributed by atoms with E-state index in [1.807, 2.05) is 20.8 Å². The van der Waals surface area contributed by atoms with Crippen LogP contribution in [0.25, 0.3) is 0 Å². The summed E-state index contributed by atoms with van der Waals surface area (Å²) in [6.07, 6.45) is 3.82. The minimum atomic E-state index is -0.463. The molecule has 22 heavy (non-hydrogen) atoms. The molecule has 0 radical (unpaired) electrons. The highest BCUT2D eigenvalue weighted by atomic mass is 16.6. The highest BCUT2D eigenvalue weighted by Gasteiger charge is 2.30. The lowest BCUT2D eigenvalue weighted by atomic mass is 9.92. The highest BCUT2D eigenvalue weighted by Crippen LogP contribution is 2.17. The number of amides is 1. The summed E-state index contributed by atoms with van der Waals surface area (Å²) >= 11 is 0. The molecular weight excluding hydrogens is 276 g/mol. The molecule has 0 aromatic rings. The Morgan fingerprint density at radius 3 is 2.00 bits per heavy atom. The van der Waals surface area contributed by atoms with Crippen LogP contribution in [0.1, 0.15) is 81.1 Å². The summed E-state index contributed by atoms with van der Waals surface area (Å²) in [6, 6.07) is 0.459. The largest absolute Gasteiger partial charge is 0.444 e. The van der Waals surface area contributed by atoms with Crippen LogP contribution >= 0.6 is 0 Å². The van der Waals surface area contributed by atoms with E-state index in [4.69, 9.17) is 4.74 Å². The van der Waals surface area contributed by atoms with Crippen molar-refractivity contribution in [1.82, 2.24) is 10.6 Å². The van der Waals surface area contributed by atoms with E-state index in [1.54, 1.807) is 0 Å². The lowest BCUT2D eigenvalue weighted by Gasteiger charge is -2.35. The second-order valence-electron chi connectivity index (χ2n) is 7.87. The van der Waals surface area contributed by atoms with E-state index >= 15 is 0 Å². The number of rotatable bonds is 9. The number of alkyl carbamates (subject to hydrolysis) is 1. The molecular formula is C18H38N2O2. The Morgan fingerprint density at radius 2 is 1.59 bits per heavy atom. The summed E-state index contributed by atoms with van der Waals surface area (Å²) in [6.45, 7) is 17.4. The fourth-order valence-electron chi connectivity index (χ4n) is 2.30. The van der Waals surface area contributed by atoms with Gasteiger partial charge in [0.1, 0.15) is 5.60 Å². The van der Waals surface area contributed by atoms with Gasteiger partial charge >= 0.3 is 6.09 Å². The minimum absolute atomic E-state index is 0.242. The molecule has 1 unspecified atom stereocenters. The van der Waals surface area contributed by atoms with Gasteiger partial charge in [-0.2, -0.15) is 0 Å². The van der Waals surface area contributed by atoms with Crippen LogP contribution in [-0.4, -0.2) is 29.8 Å². The van der Waals surface area contributed by atoms with Crippen LogP contribution in [0.5, 0.6) is 0 Å². The highest BCUT2D eigenvalue weighted by molar-refractivity contribution is 5.68. The second kappa shape index (κ2) is 9.39. The van der Waals surface area contributed by atoms with Crippen LogP contribution < -0.4 is 10.6 Å². The molecule has 0 fully saturated rings. The average Bonchev–Trinajstić information content (AvgIpc) is 2.39. The van der Waals surface area contributed by atoms with Crippen LogP contribution in [-0.2, 0) is 4.74 Å². The fourth-order valence-corrected chi connectivity index (χ4v) is 2.30. The minimum Gasteiger partial charge on any atom is -0.444 e. The molecule has 0 bridgehead atoms. The van der Waals surface area contributed by atoms with Crippen LogP contribution in [0.3, 0.4) is 0 Å². The first-order chi connectivity index (χ1) is 10.0. The van der Waals surface area contributed by atoms with Gasteiger partial charge < -0.3 is 15.4 Å². The number of hydrogen-bond acceptors (Lipinski definition) is 3. The number of ether oxygens (including phenoxy) is 1. The first-order valence-electron chi connectivity index (χ1n) is 8.78. The predicted octanol–water partition coefficient (Wildman–Crippen LogP) is 4.48. The van der Waals surface area contributed by atoms with Gasteiger partial charge in [0.15, 0.2) is 0 Å². The standard InChI is InChI=1S/C18H38N2O2/c1-9-18(10-2,20-16(21)22-17(6,7)8)13-19-15(5)12-11-14(3)4/h14-15,19H,9-13H2,1-8H3,(H,20,21). The molecule has 1 atom stereocenters. The molecule has 0 aromatic carbocycles. The Morgan fingerprint density at radius 1 is 1.05 bits per heavy atom. The van der Waals surface area contributed by atoms with Crippen molar-refractivity contribution in [2.24, 2.45) is 5.92 Å². The molecule has 2 N–H and O–H groups in total. The summed E-state index contributed by atoms with van der Waals surface area (Å²) in [5.41, 5.74) is -0.705. The number of carbonyl (C=O) groups excluding carboxylic acids is 1. The zero-order chi connectivity index (χ0) is 17.4. The second-order valence-corrected chi connectivity index (χ2v) is 7.87. The third kappa shape index (κ3) is 9.29. The van der Waals surface area contributed by atoms with Crippen molar-refractivity contribution in [3.05, 3.63) is 0 Å². The van der Waals surface area contributed by atoms with Gasteiger partial charge in [0, 0.05) is 12.6 Å². The summed E-state index contributed by atoms with van der Waals surface area (Å²) in [5.74, 6) is 0.728. The maximum absolute atomic E-state index is 12.1. The summed E-state index contributed by atoms with van der Waals surface area (Å²) in [5, 5.41) is 6.66. The molecule has 4 heteroatoms. The number of hydrogen-bond donors (Lipinski definition) is 2.